The van der Waals surface area contributed by atoms with Gasteiger partial charge in [-0.1, -0.05) is 84.9 Å². The number of nitrogens with two attached hydrogens (primary N) is 1. The highest BCUT2D eigenvalue weighted by molar-refractivity contribution is 5.93. The third-order valence-electron chi connectivity index (χ3n) is 5.21. The number of hydrogen-bond donors (Lipinski definition) is 2. The topological polar surface area (TPSA) is 38.0 Å². The van der Waals surface area contributed by atoms with E-state index < -0.39 is 0 Å². The van der Waals surface area contributed by atoms with E-state index in [4.69, 9.17) is 5.73 Å². The quantitative estimate of drug-likeness (QED) is 0.339. The van der Waals surface area contributed by atoms with Crippen molar-refractivity contribution in [2.75, 3.05) is 11.1 Å². The van der Waals surface area contributed by atoms with Gasteiger partial charge in [-0.3, -0.25) is 0 Å². The van der Waals surface area contributed by atoms with E-state index in [1.165, 1.54) is 16.7 Å². The maximum absolute atomic E-state index is 6.26. The Labute approximate surface area is 165 Å². The summed E-state index contributed by atoms with van der Waals surface area (Å²) in [6.07, 6.45) is 4.32. The number of anilines is 3. The Kier molecular flexibility index (Phi) is 3.95. The summed E-state index contributed by atoms with van der Waals surface area (Å²) >= 11 is 0. The molecule has 4 aromatic carbocycles. The molecule has 0 aromatic heterocycles. The molecule has 2 nitrogen and oxygen atoms in total. The van der Waals surface area contributed by atoms with E-state index in [0.717, 1.165) is 33.8 Å². The van der Waals surface area contributed by atoms with Gasteiger partial charge in [-0.25, -0.2) is 0 Å². The van der Waals surface area contributed by atoms with Gasteiger partial charge in [-0.15, -0.1) is 0 Å². The summed E-state index contributed by atoms with van der Waals surface area (Å²) in [4.78, 5) is 0. The molecule has 0 saturated carbocycles. The second-order valence-electron chi connectivity index (χ2n) is 6.98. The van der Waals surface area contributed by atoms with Crippen molar-refractivity contribution in [3.63, 3.8) is 0 Å². The van der Waals surface area contributed by atoms with Gasteiger partial charge < -0.3 is 11.1 Å². The maximum Gasteiger partial charge on any atom is 0.0464 e. The lowest BCUT2D eigenvalue weighted by molar-refractivity contribution is 1.52. The fourth-order valence-corrected chi connectivity index (χ4v) is 3.77. The van der Waals surface area contributed by atoms with Crippen molar-refractivity contribution in [1.29, 1.82) is 0 Å². The Hall–Kier alpha value is -3.78. The summed E-state index contributed by atoms with van der Waals surface area (Å²) in [5.41, 5.74) is 16.2. The zero-order chi connectivity index (χ0) is 18.9. The number of rotatable bonds is 2. The van der Waals surface area contributed by atoms with Crippen LogP contribution in [-0.2, 0) is 0 Å². The Balaban J connectivity index is 1.64. The largest absolute Gasteiger partial charge is 0.398 e. The van der Waals surface area contributed by atoms with Gasteiger partial charge in [0.1, 0.15) is 0 Å². The van der Waals surface area contributed by atoms with Crippen LogP contribution in [0.15, 0.2) is 91.0 Å². The molecule has 0 saturated heterocycles. The van der Waals surface area contributed by atoms with Crippen molar-refractivity contribution in [2.24, 2.45) is 0 Å². The SMILES string of the molecule is Nc1ccccc1-c1ccccc1-c1ccc2c(c1)Nc1ccccc1C=C2. The van der Waals surface area contributed by atoms with E-state index in [2.05, 4.69) is 90.3 Å². The summed E-state index contributed by atoms with van der Waals surface area (Å²) in [6, 6.07) is 31.4. The van der Waals surface area contributed by atoms with Crippen LogP contribution in [-0.4, -0.2) is 0 Å². The monoisotopic (exact) mass is 360 g/mol. The lowest BCUT2D eigenvalue weighted by atomic mass is 9.93. The van der Waals surface area contributed by atoms with Gasteiger partial charge in [0.05, 0.1) is 0 Å². The molecule has 0 spiro atoms. The van der Waals surface area contributed by atoms with Crippen molar-refractivity contribution >= 4 is 29.2 Å². The molecule has 0 unspecified atom stereocenters. The van der Waals surface area contributed by atoms with Gasteiger partial charge in [0.25, 0.3) is 0 Å². The van der Waals surface area contributed by atoms with Crippen molar-refractivity contribution < 1.29 is 0 Å². The van der Waals surface area contributed by atoms with Gasteiger partial charge >= 0.3 is 0 Å². The minimum Gasteiger partial charge on any atom is -0.398 e. The molecule has 134 valence electrons. The Morgan fingerprint density at radius 2 is 1.18 bits per heavy atom. The number of nitrogens with one attached hydrogen (secondary N) is 1. The first-order valence-corrected chi connectivity index (χ1v) is 9.42. The molecule has 1 aliphatic heterocycles. The number of para-hydroxylation sites is 2. The van der Waals surface area contributed by atoms with Gasteiger partial charge in [0.15, 0.2) is 0 Å². The molecule has 0 amide bonds. The van der Waals surface area contributed by atoms with Crippen LogP contribution in [0.1, 0.15) is 11.1 Å². The van der Waals surface area contributed by atoms with E-state index >= 15 is 0 Å². The molecule has 1 aliphatic rings. The minimum absolute atomic E-state index is 0.791. The number of nitrogen functional groups attached to an aromatic ring is 1. The Morgan fingerprint density at radius 1 is 0.536 bits per heavy atom. The average Bonchev–Trinajstić information content (AvgIpc) is 2.93. The van der Waals surface area contributed by atoms with Crippen LogP contribution in [0.2, 0.25) is 0 Å². The molecule has 1 heterocycles. The van der Waals surface area contributed by atoms with Crippen LogP contribution in [0.3, 0.4) is 0 Å². The van der Waals surface area contributed by atoms with Crippen LogP contribution in [0.5, 0.6) is 0 Å². The van der Waals surface area contributed by atoms with Crippen LogP contribution >= 0.6 is 0 Å². The molecule has 0 atom stereocenters. The molecule has 5 rings (SSSR count). The van der Waals surface area contributed by atoms with Crippen molar-refractivity contribution in [3.8, 4) is 22.3 Å². The lowest BCUT2D eigenvalue weighted by Crippen LogP contribution is -1.95. The predicted molar refractivity (Wildman–Crippen MR) is 120 cm³/mol. The van der Waals surface area contributed by atoms with Crippen molar-refractivity contribution in [3.05, 3.63) is 102 Å². The van der Waals surface area contributed by atoms with Crippen molar-refractivity contribution in [2.45, 2.75) is 0 Å². The average molecular weight is 360 g/mol. The van der Waals surface area contributed by atoms with Crippen LogP contribution in [0.25, 0.3) is 34.4 Å². The molecule has 2 heteroatoms. The molecule has 0 fully saturated rings. The van der Waals surface area contributed by atoms with E-state index in [9.17, 15) is 0 Å². The molecular weight excluding hydrogens is 340 g/mol. The zero-order valence-electron chi connectivity index (χ0n) is 15.4. The van der Waals surface area contributed by atoms with Gasteiger partial charge in [0.2, 0.25) is 0 Å². The number of benzene rings is 4. The smallest absolute Gasteiger partial charge is 0.0464 e. The van der Waals surface area contributed by atoms with E-state index in [1.54, 1.807) is 0 Å². The van der Waals surface area contributed by atoms with Crippen molar-refractivity contribution in [1.82, 2.24) is 0 Å². The fourth-order valence-electron chi connectivity index (χ4n) is 3.77. The second kappa shape index (κ2) is 6.75. The zero-order valence-corrected chi connectivity index (χ0v) is 15.4. The second-order valence-corrected chi connectivity index (χ2v) is 6.98. The number of hydrogen-bond acceptors (Lipinski definition) is 2. The molecular formula is C26H20N2. The first kappa shape index (κ1) is 16.4. The third kappa shape index (κ3) is 2.85. The summed E-state index contributed by atoms with van der Waals surface area (Å²) in [5, 5.41) is 3.60. The van der Waals surface area contributed by atoms with Crippen LogP contribution < -0.4 is 11.1 Å². The van der Waals surface area contributed by atoms with Crippen LogP contribution in [0, 0.1) is 0 Å². The lowest BCUT2D eigenvalue weighted by Gasteiger charge is -2.15. The normalized spacial score (nSPS) is 11.9. The van der Waals surface area contributed by atoms with Gasteiger partial charge in [0, 0.05) is 22.6 Å². The van der Waals surface area contributed by atoms with Crippen LogP contribution in [0.4, 0.5) is 17.1 Å². The molecule has 0 radical (unpaired) electrons. The summed E-state index contributed by atoms with van der Waals surface area (Å²) < 4.78 is 0. The first-order chi connectivity index (χ1) is 13.8. The molecule has 28 heavy (non-hydrogen) atoms. The standard InChI is InChI=1S/C26H20N2/c27-24-11-5-4-10-23(24)22-9-3-2-8-21(22)20-16-15-19-14-13-18-7-1-6-12-25(18)28-26(19)17-20/h1-17,28H,27H2. The molecule has 0 aliphatic carbocycles. The molecule has 3 N–H and O–H groups in total. The first-order valence-electron chi connectivity index (χ1n) is 9.42. The highest BCUT2D eigenvalue weighted by Crippen LogP contribution is 2.38. The van der Waals surface area contributed by atoms with Gasteiger partial charge in [-0.05, 0) is 46.0 Å². The van der Waals surface area contributed by atoms with Gasteiger partial charge in [-0.2, -0.15) is 0 Å². The third-order valence-corrected chi connectivity index (χ3v) is 5.21. The fraction of sp³-hybridized carbons (Fsp3) is 0. The predicted octanol–water partition coefficient (Wildman–Crippen LogP) is 6.83. The summed E-state index contributed by atoms with van der Waals surface area (Å²) in [7, 11) is 0. The summed E-state index contributed by atoms with van der Waals surface area (Å²) in [5.74, 6) is 0. The molecule has 4 aromatic rings. The Bertz CT molecular complexity index is 1200. The summed E-state index contributed by atoms with van der Waals surface area (Å²) in [6.45, 7) is 0. The van der Waals surface area contributed by atoms with E-state index in [0.29, 0.717) is 0 Å². The highest BCUT2D eigenvalue weighted by Gasteiger charge is 2.13. The minimum atomic E-state index is 0.791. The van der Waals surface area contributed by atoms with E-state index in [1.807, 2.05) is 18.2 Å². The highest BCUT2D eigenvalue weighted by atomic mass is 14.9. The van der Waals surface area contributed by atoms with E-state index in [-0.39, 0.29) is 0 Å². The Morgan fingerprint density at radius 3 is 2.00 bits per heavy atom. The number of fused-ring (bicyclic) bond motifs is 2. The molecule has 0 bridgehead atoms. The maximum atomic E-state index is 6.26.